The first kappa shape index (κ1) is 22.9. The molecule has 5 nitrogen and oxygen atoms in total. The van der Waals surface area contributed by atoms with Gasteiger partial charge in [0.1, 0.15) is 10.8 Å². The van der Waals surface area contributed by atoms with Crippen LogP contribution in [-0.2, 0) is 7.05 Å². The maximum atomic E-state index is 4.96. The quantitative estimate of drug-likeness (QED) is 0.228. The van der Waals surface area contributed by atoms with Gasteiger partial charge in [0.2, 0.25) is 0 Å². The Morgan fingerprint density at radius 3 is 2.45 bits per heavy atom. The highest BCUT2D eigenvalue weighted by molar-refractivity contribution is 7.21. The van der Waals surface area contributed by atoms with Crippen molar-refractivity contribution in [3.63, 3.8) is 0 Å². The van der Waals surface area contributed by atoms with E-state index in [0.29, 0.717) is 0 Å². The third kappa shape index (κ3) is 3.57. The fraction of sp³-hybridized carbons (Fsp3) is 0.0294. The Balaban J connectivity index is 1.45. The number of rotatable bonds is 4. The van der Waals surface area contributed by atoms with Crippen molar-refractivity contribution in [1.82, 2.24) is 24.1 Å². The predicted octanol–water partition coefficient (Wildman–Crippen LogP) is 8.52. The molecule has 0 saturated heterocycles. The van der Waals surface area contributed by atoms with E-state index in [1.807, 2.05) is 43.8 Å². The van der Waals surface area contributed by atoms with Crippen LogP contribution in [0.4, 0.5) is 0 Å². The van der Waals surface area contributed by atoms with E-state index in [9.17, 15) is 0 Å². The number of hydrogen-bond acceptors (Lipinski definition) is 4. The van der Waals surface area contributed by atoms with Crippen LogP contribution >= 0.6 is 11.3 Å². The molecule has 0 fully saturated rings. The van der Waals surface area contributed by atoms with Crippen molar-refractivity contribution in [2.24, 2.45) is 7.05 Å². The van der Waals surface area contributed by atoms with Crippen LogP contribution in [0.1, 0.15) is 0 Å². The number of hydrogen-bond donors (Lipinski definition) is 0. The molecule has 0 N–H and O–H groups in total. The number of thiazole rings is 1. The minimum absolute atomic E-state index is 0.932. The summed E-state index contributed by atoms with van der Waals surface area (Å²) < 4.78 is 5.64. The van der Waals surface area contributed by atoms with Crippen LogP contribution < -0.4 is 0 Å². The van der Waals surface area contributed by atoms with E-state index >= 15 is 0 Å². The van der Waals surface area contributed by atoms with Crippen LogP contribution in [0, 0.1) is 0 Å². The molecule has 190 valence electrons. The molecule has 0 bridgehead atoms. The number of benzene rings is 4. The molecule has 8 aromatic rings. The van der Waals surface area contributed by atoms with Gasteiger partial charge in [-0.2, -0.15) is 0 Å². The van der Waals surface area contributed by atoms with E-state index < -0.39 is 0 Å². The maximum absolute atomic E-state index is 4.96. The van der Waals surface area contributed by atoms with Gasteiger partial charge < -0.3 is 9.13 Å². The lowest BCUT2D eigenvalue weighted by molar-refractivity contribution is 0.925. The second-order valence-corrected chi connectivity index (χ2v) is 10.9. The summed E-state index contributed by atoms with van der Waals surface area (Å²) in [4.78, 5) is 14.3. The summed E-state index contributed by atoms with van der Waals surface area (Å²) in [6.45, 7) is 0. The Morgan fingerprint density at radius 2 is 1.60 bits per heavy atom. The molecule has 0 atom stereocenters. The van der Waals surface area contributed by atoms with E-state index in [4.69, 9.17) is 9.97 Å². The van der Waals surface area contributed by atoms with Gasteiger partial charge in [0.05, 0.1) is 26.9 Å². The van der Waals surface area contributed by atoms with E-state index in [-0.39, 0.29) is 0 Å². The summed E-state index contributed by atoms with van der Waals surface area (Å²) in [6, 6.07) is 36.2. The molecular formula is C34H23N5S. The third-order valence-corrected chi connectivity index (χ3v) is 8.54. The second kappa shape index (κ2) is 9.00. The smallest absolute Gasteiger partial charge is 0.141 e. The Morgan fingerprint density at radius 1 is 0.700 bits per heavy atom. The monoisotopic (exact) mass is 533 g/mol. The van der Waals surface area contributed by atoms with Crippen LogP contribution in [0.15, 0.2) is 122 Å². The Labute approximate surface area is 234 Å². The molecular weight excluding hydrogens is 510 g/mol. The van der Waals surface area contributed by atoms with Crippen molar-refractivity contribution >= 4 is 43.4 Å². The van der Waals surface area contributed by atoms with Crippen molar-refractivity contribution < 1.29 is 0 Å². The van der Waals surface area contributed by atoms with Crippen molar-refractivity contribution in [1.29, 1.82) is 0 Å². The summed E-state index contributed by atoms with van der Waals surface area (Å²) in [7, 11) is 2.04. The first-order valence-corrected chi connectivity index (χ1v) is 14.0. The summed E-state index contributed by atoms with van der Waals surface area (Å²) in [5, 5.41) is 3.40. The fourth-order valence-corrected chi connectivity index (χ4v) is 6.57. The molecule has 4 heterocycles. The van der Waals surface area contributed by atoms with Crippen molar-refractivity contribution in [2.75, 3.05) is 0 Å². The zero-order valence-electron chi connectivity index (χ0n) is 21.7. The van der Waals surface area contributed by atoms with E-state index in [1.165, 1.54) is 15.5 Å². The second-order valence-electron chi connectivity index (χ2n) is 9.88. The van der Waals surface area contributed by atoms with E-state index in [2.05, 4.69) is 99.0 Å². The van der Waals surface area contributed by atoms with Crippen LogP contribution in [-0.4, -0.2) is 24.1 Å². The molecule has 0 radical (unpaired) electrons. The van der Waals surface area contributed by atoms with Crippen LogP contribution in [0.5, 0.6) is 0 Å². The van der Waals surface area contributed by atoms with Crippen molar-refractivity contribution in [2.45, 2.75) is 0 Å². The minimum Gasteiger partial charge on any atom is -0.334 e. The largest absolute Gasteiger partial charge is 0.334 e. The van der Waals surface area contributed by atoms with Gasteiger partial charge in [-0.1, -0.05) is 54.6 Å². The van der Waals surface area contributed by atoms with Crippen molar-refractivity contribution in [3.8, 4) is 38.9 Å². The van der Waals surface area contributed by atoms with Crippen LogP contribution in [0.2, 0.25) is 0 Å². The van der Waals surface area contributed by atoms with Gasteiger partial charge in [-0.05, 0) is 48.5 Å². The zero-order valence-corrected chi connectivity index (χ0v) is 22.5. The van der Waals surface area contributed by atoms with E-state index in [1.54, 1.807) is 11.3 Å². The lowest BCUT2D eigenvalue weighted by Gasteiger charge is -2.13. The van der Waals surface area contributed by atoms with Crippen LogP contribution in [0.3, 0.4) is 0 Å². The molecule has 6 heteroatoms. The SMILES string of the molecule is Cn1ccnc1-c1cccc2c3ccc(-c4nc5ccccc5s4)cc3n(-c3cccc(-c4ccccn4)c3)c12. The first-order chi connectivity index (χ1) is 19.7. The number of fused-ring (bicyclic) bond motifs is 4. The number of imidazole rings is 1. The molecule has 40 heavy (non-hydrogen) atoms. The van der Waals surface area contributed by atoms with Gasteiger partial charge in [0.15, 0.2) is 0 Å². The number of aromatic nitrogens is 5. The Bertz CT molecular complexity index is 2150. The number of pyridine rings is 1. The molecule has 0 amide bonds. The molecule has 4 aromatic heterocycles. The maximum Gasteiger partial charge on any atom is 0.141 e. The molecule has 0 saturated carbocycles. The van der Waals surface area contributed by atoms with Crippen LogP contribution in [0.25, 0.3) is 70.9 Å². The molecule has 0 spiro atoms. The number of nitrogens with zero attached hydrogens (tertiary/aromatic N) is 5. The highest BCUT2D eigenvalue weighted by atomic mass is 32.1. The standard InChI is InChI=1S/C34H23N5S/c1-38-19-18-36-33(38)27-11-7-10-26-25-16-15-23(34-37-29-13-2-3-14-31(29)40-34)21-30(25)39(32(26)27)24-9-6-8-22(20-24)28-12-4-5-17-35-28/h2-21H,1H3. The highest BCUT2D eigenvalue weighted by Gasteiger charge is 2.20. The highest BCUT2D eigenvalue weighted by Crippen LogP contribution is 2.40. The molecule has 0 aliphatic carbocycles. The van der Waals surface area contributed by atoms with Crippen molar-refractivity contribution in [3.05, 3.63) is 122 Å². The summed E-state index contributed by atoms with van der Waals surface area (Å²) in [5.74, 6) is 0.932. The molecule has 0 aliphatic heterocycles. The normalized spacial score (nSPS) is 11.6. The minimum atomic E-state index is 0.932. The average molecular weight is 534 g/mol. The lowest BCUT2D eigenvalue weighted by atomic mass is 10.1. The Kier molecular flexibility index (Phi) is 5.15. The predicted molar refractivity (Wildman–Crippen MR) is 165 cm³/mol. The Hall–Kier alpha value is -5.07. The van der Waals surface area contributed by atoms with Gasteiger partial charge >= 0.3 is 0 Å². The van der Waals surface area contributed by atoms with Gasteiger partial charge in [0, 0.05) is 58.8 Å². The number of aryl methyl sites for hydroxylation is 1. The molecule has 0 aliphatic rings. The molecule has 8 rings (SSSR count). The van der Waals surface area contributed by atoms with Gasteiger partial charge in [-0.15, -0.1) is 11.3 Å². The van der Waals surface area contributed by atoms with E-state index in [0.717, 1.165) is 55.5 Å². The van der Waals surface area contributed by atoms with Gasteiger partial charge in [-0.3, -0.25) is 4.98 Å². The lowest BCUT2D eigenvalue weighted by Crippen LogP contribution is -1.99. The molecule has 0 unspecified atom stereocenters. The number of para-hydroxylation sites is 2. The average Bonchev–Trinajstić information content (AvgIpc) is 3.72. The third-order valence-electron chi connectivity index (χ3n) is 7.46. The summed E-state index contributed by atoms with van der Waals surface area (Å²) >= 11 is 1.73. The topological polar surface area (TPSA) is 48.5 Å². The summed E-state index contributed by atoms with van der Waals surface area (Å²) in [6.07, 6.45) is 5.69. The fourth-order valence-electron chi connectivity index (χ4n) is 5.61. The molecule has 4 aromatic carbocycles. The zero-order chi connectivity index (χ0) is 26.6. The van der Waals surface area contributed by atoms with Gasteiger partial charge in [0.25, 0.3) is 0 Å². The summed E-state index contributed by atoms with van der Waals surface area (Å²) in [5.41, 5.74) is 8.59. The first-order valence-electron chi connectivity index (χ1n) is 13.2. The van der Waals surface area contributed by atoms with Gasteiger partial charge in [-0.25, -0.2) is 9.97 Å².